The van der Waals surface area contributed by atoms with Crippen molar-refractivity contribution in [1.82, 2.24) is 24.1 Å². The first kappa shape index (κ1) is 23.7. The van der Waals surface area contributed by atoms with Crippen LogP contribution in [0, 0.1) is 20.8 Å². The molecule has 0 radical (unpaired) electrons. The summed E-state index contributed by atoms with van der Waals surface area (Å²) in [5.41, 5.74) is 5.00. The van der Waals surface area contributed by atoms with Crippen LogP contribution in [0.15, 0.2) is 58.5 Å². The highest BCUT2D eigenvalue weighted by Crippen LogP contribution is 2.25. The van der Waals surface area contributed by atoms with E-state index in [1.54, 1.807) is 24.5 Å². The van der Waals surface area contributed by atoms with Crippen molar-refractivity contribution in [2.45, 2.75) is 39.4 Å². The van der Waals surface area contributed by atoms with Crippen molar-refractivity contribution in [1.29, 1.82) is 0 Å². The van der Waals surface area contributed by atoms with Gasteiger partial charge in [0.25, 0.3) is 5.56 Å². The number of carbonyl (C=O) groups excluding carboxylic acids is 2. The summed E-state index contributed by atoms with van der Waals surface area (Å²) in [7, 11) is 0. The van der Waals surface area contributed by atoms with Crippen LogP contribution >= 0.6 is 11.8 Å². The molecule has 0 aliphatic rings. The Bertz CT molecular complexity index is 1710. The molecule has 0 bridgehead atoms. The number of aryl methyl sites for hydroxylation is 2. The predicted molar refractivity (Wildman–Crippen MR) is 140 cm³/mol. The van der Waals surface area contributed by atoms with E-state index in [0.29, 0.717) is 50.9 Å². The third kappa shape index (κ3) is 4.05. The molecular weight excluding hydrogens is 474 g/mol. The maximum Gasteiger partial charge on any atom is 0.263 e. The van der Waals surface area contributed by atoms with Crippen LogP contribution in [0.1, 0.15) is 50.2 Å². The molecule has 36 heavy (non-hydrogen) atoms. The fraction of sp³-hybridized carbons (Fsp3) is 0.222. The molecule has 0 aliphatic heterocycles. The van der Waals surface area contributed by atoms with Crippen LogP contribution in [-0.2, 0) is 6.54 Å². The molecule has 0 spiro atoms. The zero-order chi connectivity index (χ0) is 25.6. The van der Waals surface area contributed by atoms with Crippen LogP contribution in [0.2, 0.25) is 0 Å². The summed E-state index contributed by atoms with van der Waals surface area (Å²) in [6.45, 7) is 7.44. The van der Waals surface area contributed by atoms with Gasteiger partial charge in [0, 0.05) is 11.3 Å². The van der Waals surface area contributed by atoms with Crippen LogP contribution in [-0.4, -0.2) is 41.5 Å². The van der Waals surface area contributed by atoms with Crippen molar-refractivity contribution in [3.8, 4) is 0 Å². The fourth-order valence-electron chi connectivity index (χ4n) is 4.60. The number of fused-ring (bicyclic) bond motifs is 3. The Morgan fingerprint density at radius 1 is 1.00 bits per heavy atom. The van der Waals surface area contributed by atoms with Crippen LogP contribution in [0.4, 0.5) is 0 Å². The molecule has 0 unspecified atom stereocenters. The topological polar surface area (TPSA) is 102 Å². The molecule has 0 atom stereocenters. The summed E-state index contributed by atoms with van der Waals surface area (Å²) in [6.07, 6.45) is 0. The average Bonchev–Trinajstić information content (AvgIpc) is 3.41. The number of ketones is 2. The second-order valence-corrected chi connectivity index (χ2v) is 9.85. The summed E-state index contributed by atoms with van der Waals surface area (Å²) in [5, 5.41) is 9.75. The molecule has 0 aliphatic carbocycles. The number of benzene rings is 2. The summed E-state index contributed by atoms with van der Waals surface area (Å²) < 4.78 is 3.44. The van der Waals surface area contributed by atoms with Crippen molar-refractivity contribution in [3.05, 3.63) is 92.5 Å². The van der Waals surface area contributed by atoms with E-state index in [2.05, 4.69) is 15.2 Å². The Kier molecular flexibility index (Phi) is 6.09. The van der Waals surface area contributed by atoms with Gasteiger partial charge in [0.1, 0.15) is 0 Å². The number of hydrogen-bond acceptors (Lipinski definition) is 6. The van der Waals surface area contributed by atoms with Crippen molar-refractivity contribution in [3.63, 3.8) is 0 Å². The lowest BCUT2D eigenvalue weighted by Gasteiger charge is -2.11. The number of thioether (sulfide) groups is 1. The van der Waals surface area contributed by atoms with Gasteiger partial charge < -0.3 is 4.98 Å². The number of H-pyrrole nitrogens is 1. The minimum Gasteiger partial charge on any atom is -0.355 e. The van der Waals surface area contributed by atoms with Crippen molar-refractivity contribution in [2.75, 3.05) is 5.75 Å². The van der Waals surface area contributed by atoms with Crippen molar-refractivity contribution in [2.24, 2.45) is 0 Å². The summed E-state index contributed by atoms with van der Waals surface area (Å²) in [5.74, 6) is 0.307. The number of hydrogen-bond donors (Lipinski definition) is 1. The lowest BCUT2D eigenvalue weighted by Crippen LogP contribution is -2.24. The van der Waals surface area contributed by atoms with E-state index in [1.807, 2.05) is 53.8 Å². The van der Waals surface area contributed by atoms with Gasteiger partial charge in [-0.2, -0.15) is 0 Å². The third-order valence-electron chi connectivity index (χ3n) is 6.34. The lowest BCUT2D eigenvalue weighted by molar-refractivity contribution is 0.101. The van der Waals surface area contributed by atoms with Gasteiger partial charge in [-0.05, 0) is 51.0 Å². The van der Waals surface area contributed by atoms with Crippen LogP contribution < -0.4 is 5.56 Å². The molecular formula is C27H25N5O3S. The van der Waals surface area contributed by atoms with Crippen LogP contribution in [0.3, 0.4) is 0 Å². The van der Waals surface area contributed by atoms with Crippen molar-refractivity contribution >= 4 is 40.0 Å². The summed E-state index contributed by atoms with van der Waals surface area (Å²) in [4.78, 5) is 41.5. The Hall–Kier alpha value is -3.98. The quantitative estimate of drug-likeness (QED) is 0.261. The highest BCUT2D eigenvalue weighted by molar-refractivity contribution is 7.99. The number of aromatic amines is 1. The number of carbonyl (C=O) groups is 2. The van der Waals surface area contributed by atoms with E-state index in [4.69, 9.17) is 0 Å². The van der Waals surface area contributed by atoms with E-state index >= 15 is 0 Å². The summed E-state index contributed by atoms with van der Waals surface area (Å²) >= 11 is 1.25. The second kappa shape index (κ2) is 9.23. The Balaban J connectivity index is 1.54. The Morgan fingerprint density at radius 2 is 1.72 bits per heavy atom. The molecule has 3 aromatic heterocycles. The highest BCUT2D eigenvalue weighted by Gasteiger charge is 2.22. The molecule has 9 heteroatoms. The van der Waals surface area contributed by atoms with Gasteiger partial charge in [0.05, 0.1) is 28.9 Å². The number of para-hydroxylation sites is 1. The first-order valence-corrected chi connectivity index (χ1v) is 12.5. The normalized spacial score (nSPS) is 11.4. The first-order valence-electron chi connectivity index (χ1n) is 11.5. The molecule has 8 nitrogen and oxygen atoms in total. The van der Waals surface area contributed by atoms with Crippen molar-refractivity contribution < 1.29 is 9.59 Å². The van der Waals surface area contributed by atoms with E-state index in [-0.39, 0.29) is 22.9 Å². The standard InChI is InChI=1S/C27H25N5O3S/c1-15-9-11-19(12-10-15)13-31-25(35)20-7-5-6-8-21(20)32-26(31)29-30-27(32)36-14-22(34)24-16(2)23(18(4)33)17(3)28-24/h5-12,28H,13-14H2,1-4H3. The molecule has 1 N–H and O–H groups in total. The van der Waals surface area contributed by atoms with E-state index in [1.165, 1.54) is 18.7 Å². The molecule has 2 aromatic carbocycles. The molecule has 0 fully saturated rings. The largest absolute Gasteiger partial charge is 0.355 e. The summed E-state index contributed by atoms with van der Waals surface area (Å²) in [6, 6.07) is 15.3. The highest BCUT2D eigenvalue weighted by atomic mass is 32.2. The molecule has 0 saturated heterocycles. The molecule has 5 rings (SSSR count). The van der Waals surface area contributed by atoms with Crippen LogP contribution in [0.5, 0.6) is 0 Å². The number of nitrogens with zero attached hydrogens (tertiary/aromatic N) is 4. The maximum atomic E-state index is 13.4. The van der Waals surface area contributed by atoms with Gasteiger partial charge in [-0.15, -0.1) is 10.2 Å². The molecule has 3 heterocycles. The lowest BCUT2D eigenvalue weighted by atomic mass is 10.1. The maximum absolute atomic E-state index is 13.4. The van der Waals surface area contributed by atoms with E-state index in [0.717, 1.165) is 11.1 Å². The third-order valence-corrected chi connectivity index (χ3v) is 7.27. The van der Waals surface area contributed by atoms with Gasteiger partial charge in [0.2, 0.25) is 5.78 Å². The average molecular weight is 500 g/mol. The zero-order valence-electron chi connectivity index (χ0n) is 20.5. The Morgan fingerprint density at radius 3 is 2.42 bits per heavy atom. The van der Waals surface area contributed by atoms with Gasteiger partial charge >= 0.3 is 0 Å². The molecule has 182 valence electrons. The minimum atomic E-state index is -0.145. The van der Waals surface area contributed by atoms with Gasteiger partial charge in [-0.1, -0.05) is 53.7 Å². The number of aromatic nitrogens is 5. The zero-order valence-corrected chi connectivity index (χ0v) is 21.3. The fourth-order valence-corrected chi connectivity index (χ4v) is 5.42. The van der Waals surface area contributed by atoms with Gasteiger partial charge in [0.15, 0.2) is 16.7 Å². The predicted octanol–water partition coefficient (Wildman–Crippen LogP) is 4.52. The van der Waals surface area contributed by atoms with E-state index in [9.17, 15) is 14.4 Å². The number of nitrogens with one attached hydrogen (secondary N) is 1. The van der Waals surface area contributed by atoms with Gasteiger partial charge in [-0.3, -0.25) is 23.4 Å². The SMILES string of the molecule is CC(=O)c1c(C)[nH]c(C(=O)CSc2nnc3n(Cc4ccc(C)cc4)c(=O)c4ccccc4n23)c1C. The molecule has 0 saturated carbocycles. The minimum absolute atomic E-state index is 0.0746. The Labute approximate surface area is 211 Å². The number of Topliss-reactive ketones (excluding diaryl/α,β-unsaturated/α-hetero) is 2. The molecule has 0 amide bonds. The first-order chi connectivity index (χ1) is 17.3. The smallest absolute Gasteiger partial charge is 0.263 e. The van der Waals surface area contributed by atoms with E-state index < -0.39 is 0 Å². The monoisotopic (exact) mass is 499 g/mol. The van der Waals surface area contributed by atoms with Gasteiger partial charge in [-0.25, -0.2) is 0 Å². The number of rotatable bonds is 7. The van der Waals surface area contributed by atoms with Crippen LogP contribution in [0.25, 0.3) is 16.7 Å². The second-order valence-electron chi connectivity index (χ2n) is 8.91. The molecule has 5 aromatic rings.